The Morgan fingerprint density at radius 3 is 2.20 bits per heavy atom. The lowest BCUT2D eigenvalue weighted by Crippen LogP contribution is -2.53. The minimum atomic E-state index is -1.17. The molecule has 0 aliphatic heterocycles. The van der Waals surface area contributed by atoms with Crippen molar-refractivity contribution in [1.29, 1.82) is 0 Å². The number of ether oxygens (including phenoxy) is 1. The van der Waals surface area contributed by atoms with E-state index < -0.39 is 35.7 Å². The summed E-state index contributed by atoms with van der Waals surface area (Å²) in [7, 11) is 0. The van der Waals surface area contributed by atoms with Gasteiger partial charge in [-0.05, 0) is 38.5 Å². The Morgan fingerprint density at radius 1 is 0.967 bits per heavy atom. The van der Waals surface area contributed by atoms with Crippen molar-refractivity contribution < 1.29 is 24.2 Å². The number of carbonyl (C=O) groups excluding carboxylic acids is 2. The second-order valence-electron chi connectivity index (χ2n) is 7.81. The van der Waals surface area contributed by atoms with Gasteiger partial charge in [0.15, 0.2) is 0 Å². The fourth-order valence-corrected chi connectivity index (χ4v) is 2.71. The first-order chi connectivity index (χ1) is 14.1. The molecule has 3 N–H and O–H groups in total. The van der Waals surface area contributed by atoms with Crippen LogP contribution in [0.5, 0.6) is 0 Å². The van der Waals surface area contributed by atoms with E-state index in [-0.39, 0.29) is 12.8 Å². The van der Waals surface area contributed by atoms with E-state index in [0.717, 1.165) is 5.56 Å². The quantitative estimate of drug-likeness (QED) is 0.611. The highest BCUT2D eigenvalue weighted by Crippen LogP contribution is 2.09. The van der Waals surface area contributed by atoms with Gasteiger partial charge in [-0.25, -0.2) is 9.59 Å². The number of benzene rings is 1. The van der Waals surface area contributed by atoms with Crippen molar-refractivity contribution >= 4 is 18.0 Å². The van der Waals surface area contributed by atoms with Gasteiger partial charge in [-0.3, -0.25) is 9.78 Å². The van der Waals surface area contributed by atoms with Crippen LogP contribution in [0.4, 0.5) is 4.79 Å². The monoisotopic (exact) mass is 413 g/mol. The number of nitrogens with zero attached hydrogens (tertiary/aromatic N) is 1. The Labute approximate surface area is 175 Å². The molecule has 0 aliphatic carbocycles. The molecule has 1 heterocycles. The van der Waals surface area contributed by atoms with Gasteiger partial charge < -0.3 is 20.5 Å². The van der Waals surface area contributed by atoms with Crippen LogP contribution in [-0.2, 0) is 27.2 Å². The number of aromatic nitrogens is 1. The molecule has 2 atom stereocenters. The van der Waals surface area contributed by atoms with Gasteiger partial charge in [0.05, 0.1) is 0 Å². The lowest BCUT2D eigenvalue weighted by Gasteiger charge is -2.24. The van der Waals surface area contributed by atoms with Crippen LogP contribution in [0.3, 0.4) is 0 Å². The first kappa shape index (κ1) is 22.9. The number of amides is 2. The van der Waals surface area contributed by atoms with Crippen LogP contribution < -0.4 is 10.6 Å². The molecule has 0 saturated heterocycles. The lowest BCUT2D eigenvalue weighted by atomic mass is 10.0. The van der Waals surface area contributed by atoms with Gasteiger partial charge in [-0.2, -0.15) is 0 Å². The molecule has 2 aromatic rings. The zero-order chi connectivity index (χ0) is 22.1. The second-order valence-corrected chi connectivity index (χ2v) is 7.81. The molecule has 0 aliphatic rings. The van der Waals surface area contributed by atoms with Crippen LogP contribution in [0.2, 0.25) is 0 Å². The number of alkyl carbamates (subject to hydrolysis) is 1. The zero-order valence-corrected chi connectivity index (χ0v) is 17.3. The van der Waals surface area contributed by atoms with E-state index in [2.05, 4.69) is 15.6 Å². The summed E-state index contributed by atoms with van der Waals surface area (Å²) >= 11 is 0. The number of pyridine rings is 1. The van der Waals surface area contributed by atoms with Crippen LogP contribution in [-0.4, -0.2) is 45.7 Å². The first-order valence-electron chi connectivity index (χ1n) is 9.60. The Balaban J connectivity index is 2.14. The molecule has 2 rings (SSSR count). The number of hydrogen-bond donors (Lipinski definition) is 3. The fourth-order valence-electron chi connectivity index (χ4n) is 2.71. The Kier molecular flexibility index (Phi) is 7.91. The number of carboxylic acids is 1. The topological polar surface area (TPSA) is 118 Å². The zero-order valence-electron chi connectivity index (χ0n) is 17.3. The number of nitrogens with one attached hydrogen (secondary N) is 2. The van der Waals surface area contributed by atoms with Crippen LogP contribution in [0.25, 0.3) is 0 Å². The molecule has 8 nitrogen and oxygen atoms in total. The Morgan fingerprint density at radius 2 is 1.63 bits per heavy atom. The molecular weight excluding hydrogens is 386 g/mol. The number of carboxylic acid groups (broad SMARTS) is 1. The predicted molar refractivity (Wildman–Crippen MR) is 111 cm³/mol. The van der Waals surface area contributed by atoms with Crippen molar-refractivity contribution in [1.82, 2.24) is 15.6 Å². The van der Waals surface area contributed by atoms with E-state index in [1.54, 1.807) is 69.4 Å². The second kappa shape index (κ2) is 10.4. The van der Waals surface area contributed by atoms with E-state index in [1.807, 2.05) is 6.07 Å². The molecular formula is C22H27N3O5. The molecule has 0 radical (unpaired) electrons. The van der Waals surface area contributed by atoms with Gasteiger partial charge in [0.2, 0.25) is 5.91 Å². The molecule has 0 bridgehead atoms. The average Bonchev–Trinajstić information content (AvgIpc) is 2.67. The SMILES string of the molecule is CC(C)(C)OC(=O)N[C@@H](Cc1ccccn1)C(=O)NC(Cc1ccccc1)C(=O)O. The molecule has 1 aromatic carbocycles. The van der Waals surface area contributed by atoms with Crippen LogP contribution in [0, 0.1) is 0 Å². The minimum Gasteiger partial charge on any atom is -0.480 e. The highest BCUT2D eigenvalue weighted by atomic mass is 16.6. The predicted octanol–water partition coefficient (Wildman–Crippen LogP) is 2.33. The molecule has 2 amide bonds. The smallest absolute Gasteiger partial charge is 0.408 e. The van der Waals surface area contributed by atoms with Gasteiger partial charge in [0.1, 0.15) is 17.7 Å². The van der Waals surface area contributed by atoms with E-state index >= 15 is 0 Å². The van der Waals surface area contributed by atoms with Crippen molar-refractivity contribution in [2.45, 2.75) is 51.3 Å². The molecule has 30 heavy (non-hydrogen) atoms. The molecule has 1 unspecified atom stereocenters. The van der Waals surface area contributed by atoms with E-state index in [9.17, 15) is 19.5 Å². The third-order valence-electron chi connectivity index (χ3n) is 4.04. The summed E-state index contributed by atoms with van der Waals surface area (Å²) in [5, 5.41) is 14.6. The Bertz CT molecular complexity index is 850. The third kappa shape index (κ3) is 7.90. The summed E-state index contributed by atoms with van der Waals surface area (Å²) in [4.78, 5) is 41.0. The summed E-state index contributed by atoms with van der Waals surface area (Å²) in [6.45, 7) is 5.13. The Hall–Kier alpha value is -3.42. The minimum absolute atomic E-state index is 0.0869. The van der Waals surface area contributed by atoms with E-state index in [1.165, 1.54) is 0 Å². The fraction of sp³-hybridized carbons (Fsp3) is 0.364. The van der Waals surface area contributed by atoms with Gasteiger partial charge in [-0.15, -0.1) is 0 Å². The maximum absolute atomic E-state index is 12.9. The molecule has 0 fully saturated rings. The van der Waals surface area contributed by atoms with Gasteiger partial charge in [0, 0.05) is 24.7 Å². The van der Waals surface area contributed by atoms with Gasteiger partial charge in [-0.1, -0.05) is 36.4 Å². The van der Waals surface area contributed by atoms with E-state index in [4.69, 9.17) is 4.74 Å². The summed E-state index contributed by atoms with van der Waals surface area (Å²) in [6.07, 6.45) is 1.01. The molecule has 1 aromatic heterocycles. The molecule has 8 heteroatoms. The third-order valence-corrected chi connectivity index (χ3v) is 4.04. The first-order valence-corrected chi connectivity index (χ1v) is 9.60. The van der Waals surface area contributed by atoms with Crippen molar-refractivity contribution in [3.05, 3.63) is 66.0 Å². The van der Waals surface area contributed by atoms with Crippen molar-refractivity contribution in [2.24, 2.45) is 0 Å². The molecule has 0 saturated carbocycles. The standard InChI is InChI=1S/C22H27N3O5/c1-22(2,3)30-21(29)25-17(14-16-11-7-8-12-23-16)19(26)24-18(20(27)28)13-15-9-5-4-6-10-15/h4-12,17-18H,13-14H2,1-3H3,(H,24,26)(H,25,29)(H,27,28)/t17-,18?/m0/s1. The normalized spacial score (nSPS) is 13.0. The number of hydrogen-bond acceptors (Lipinski definition) is 5. The highest BCUT2D eigenvalue weighted by molar-refractivity contribution is 5.89. The summed E-state index contributed by atoms with van der Waals surface area (Å²) < 4.78 is 5.24. The van der Waals surface area contributed by atoms with Gasteiger partial charge >= 0.3 is 12.1 Å². The summed E-state index contributed by atoms with van der Waals surface area (Å²) in [5.74, 6) is -1.80. The maximum Gasteiger partial charge on any atom is 0.408 e. The van der Waals surface area contributed by atoms with Gasteiger partial charge in [0.25, 0.3) is 0 Å². The number of aliphatic carboxylic acids is 1. The van der Waals surface area contributed by atoms with Crippen molar-refractivity contribution in [3.63, 3.8) is 0 Å². The number of carbonyl (C=O) groups is 3. The lowest BCUT2D eigenvalue weighted by molar-refractivity contribution is -0.142. The highest BCUT2D eigenvalue weighted by Gasteiger charge is 2.29. The average molecular weight is 413 g/mol. The van der Waals surface area contributed by atoms with E-state index in [0.29, 0.717) is 5.69 Å². The summed E-state index contributed by atoms with van der Waals surface area (Å²) in [6, 6.07) is 12.0. The largest absolute Gasteiger partial charge is 0.480 e. The van der Waals surface area contributed by atoms with Crippen LogP contribution >= 0.6 is 0 Å². The molecule has 160 valence electrons. The van der Waals surface area contributed by atoms with Crippen molar-refractivity contribution in [3.8, 4) is 0 Å². The summed E-state index contributed by atoms with van der Waals surface area (Å²) in [5.41, 5.74) is 0.600. The molecule has 0 spiro atoms. The van der Waals surface area contributed by atoms with Crippen LogP contribution in [0.15, 0.2) is 54.7 Å². The number of rotatable bonds is 8. The van der Waals surface area contributed by atoms with Crippen molar-refractivity contribution in [2.75, 3.05) is 0 Å². The maximum atomic E-state index is 12.9. The van der Waals surface area contributed by atoms with Crippen LogP contribution in [0.1, 0.15) is 32.0 Å².